The van der Waals surface area contributed by atoms with E-state index in [2.05, 4.69) is 5.10 Å². The predicted molar refractivity (Wildman–Crippen MR) is 68.4 cm³/mol. The summed E-state index contributed by atoms with van der Waals surface area (Å²) in [6, 6.07) is 1.23. The Morgan fingerprint density at radius 1 is 1.53 bits per heavy atom. The summed E-state index contributed by atoms with van der Waals surface area (Å²) in [6.07, 6.45) is 6.43. The fourth-order valence-corrected chi connectivity index (χ4v) is 2.16. The molecule has 0 radical (unpaired) electrons. The first-order chi connectivity index (χ1) is 9.09. The molecular weight excluding hydrogens is 246 g/mol. The summed E-state index contributed by atoms with van der Waals surface area (Å²) in [7, 11) is 0. The summed E-state index contributed by atoms with van der Waals surface area (Å²) >= 11 is 0. The molecule has 2 rings (SSSR count). The van der Waals surface area contributed by atoms with Crippen molar-refractivity contribution in [3.63, 3.8) is 0 Å². The fraction of sp³-hybridized carbons (Fsp3) is 0.615. The topological polar surface area (TPSA) is 75.4 Å². The number of rotatable bonds is 7. The number of aromatic nitrogens is 2. The lowest BCUT2D eigenvalue weighted by Gasteiger charge is -2.26. The molecule has 0 aliphatic heterocycles. The highest BCUT2D eigenvalue weighted by Crippen LogP contribution is 2.29. The second kappa shape index (κ2) is 5.86. The van der Waals surface area contributed by atoms with E-state index < -0.39 is 12.0 Å². The van der Waals surface area contributed by atoms with Crippen LogP contribution in [0.5, 0.6) is 0 Å². The van der Waals surface area contributed by atoms with Gasteiger partial charge in [0.15, 0.2) is 0 Å². The van der Waals surface area contributed by atoms with E-state index in [4.69, 9.17) is 5.11 Å². The van der Waals surface area contributed by atoms with Gasteiger partial charge in [0.05, 0.1) is 0 Å². The Balaban J connectivity index is 1.84. The molecule has 1 unspecified atom stereocenters. The van der Waals surface area contributed by atoms with E-state index in [-0.39, 0.29) is 11.9 Å². The second-order valence-corrected chi connectivity index (χ2v) is 4.92. The molecule has 1 aliphatic carbocycles. The molecule has 1 heterocycles. The lowest BCUT2D eigenvalue weighted by molar-refractivity contribution is -0.150. The van der Waals surface area contributed by atoms with Crippen molar-refractivity contribution >= 4 is 11.9 Å². The van der Waals surface area contributed by atoms with E-state index in [0.717, 1.165) is 12.8 Å². The van der Waals surface area contributed by atoms with Crippen molar-refractivity contribution in [3.05, 3.63) is 18.5 Å². The van der Waals surface area contributed by atoms with Gasteiger partial charge < -0.3 is 10.0 Å². The quantitative estimate of drug-likeness (QED) is 0.801. The molecule has 1 atom stereocenters. The second-order valence-electron chi connectivity index (χ2n) is 4.92. The Kier molecular flexibility index (Phi) is 4.19. The number of aryl methyl sites for hydroxylation is 1. The van der Waals surface area contributed by atoms with Gasteiger partial charge in [-0.1, -0.05) is 0 Å². The van der Waals surface area contributed by atoms with Crippen LogP contribution in [0.25, 0.3) is 0 Å². The predicted octanol–water partition coefficient (Wildman–Crippen LogP) is 1.13. The fourth-order valence-electron chi connectivity index (χ4n) is 2.16. The Morgan fingerprint density at radius 3 is 2.79 bits per heavy atom. The Hall–Kier alpha value is -1.85. The van der Waals surface area contributed by atoms with Crippen LogP contribution in [0.2, 0.25) is 0 Å². The van der Waals surface area contributed by atoms with Gasteiger partial charge in [-0.15, -0.1) is 0 Å². The van der Waals surface area contributed by atoms with Gasteiger partial charge in [-0.3, -0.25) is 9.48 Å². The molecule has 1 fully saturated rings. The molecule has 1 aromatic heterocycles. The summed E-state index contributed by atoms with van der Waals surface area (Å²) in [5.74, 6) is -1.00. The van der Waals surface area contributed by atoms with Crippen LogP contribution >= 0.6 is 0 Å². The van der Waals surface area contributed by atoms with Crippen molar-refractivity contribution in [2.75, 3.05) is 0 Å². The number of carbonyl (C=O) groups is 2. The maximum Gasteiger partial charge on any atom is 0.326 e. The van der Waals surface area contributed by atoms with Crippen molar-refractivity contribution in [3.8, 4) is 0 Å². The highest BCUT2D eigenvalue weighted by atomic mass is 16.4. The van der Waals surface area contributed by atoms with Crippen molar-refractivity contribution in [1.29, 1.82) is 0 Å². The van der Waals surface area contributed by atoms with E-state index in [1.165, 1.54) is 4.90 Å². The van der Waals surface area contributed by atoms with Gasteiger partial charge >= 0.3 is 5.97 Å². The highest BCUT2D eigenvalue weighted by Gasteiger charge is 2.37. The number of amides is 1. The van der Waals surface area contributed by atoms with E-state index in [0.29, 0.717) is 19.4 Å². The van der Waals surface area contributed by atoms with Crippen LogP contribution in [0.4, 0.5) is 0 Å². The maximum absolute atomic E-state index is 12.1. The van der Waals surface area contributed by atoms with Crippen molar-refractivity contribution in [1.82, 2.24) is 14.7 Å². The molecule has 0 spiro atoms. The minimum absolute atomic E-state index is 0.0652. The normalized spacial score (nSPS) is 16.1. The summed E-state index contributed by atoms with van der Waals surface area (Å²) < 4.78 is 1.77. The molecular formula is C13H19N3O3. The van der Waals surface area contributed by atoms with Gasteiger partial charge in [-0.05, 0) is 32.3 Å². The maximum atomic E-state index is 12.1. The number of aliphatic carboxylic acids is 1. The van der Waals surface area contributed by atoms with Crippen LogP contribution in [0.3, 0.4) is 0 Å². The zero-order valence-corrected chi connectivity index (χ0v) is 11.0. The molecule has 0 bridgehead atoms. The third kappa shape index (κ3) is 3.56. The standard InChI is InChI=1S/C13H19N3O3/c1-10(13(18)19)16(11-5-6-11)12(17)4-2-8-15-9-3-7-14-15/h3,7,9-11H,2,4-6,8H2,1H3,(H,18,19). The molecule has 6 nitrogen and oxygen atoms in total. The first kappa shape index (κ1) is 13.6. The Bertz CT molecular complexity index is 440. The zero-order chi connectivity index (χ0) is 13.8. The van der Waals surface area contributed by atoms with E-state index in [1.54, 1.807) is 17.8 Å². The van der Waals surface area contributed by atoms with Gasteiger partial charge in [-0.2, -0.15) is 5.10 Å². The average molecular weight is 265 g/mol. The molecule has 1 aliphatic rings. The molecule has 6 heteroatoms. The van der Waals surface area contributed by atoms with Crippen LogP contribution in [-0.4, -0.2) is 43.7 Å². The SMILES string of the molecule is CC(C(=O)O)N(C(=O)CCCn1cccn1)C1CC1. The smallest absolute Gasteiger partial charge is 0.326 e. The summed E-state index contributed by atoms with van der Waals surface area (Å²) in [5, 5.41) is 13.1. The lowest BCUT2D eigenvalue weighted by atomic mass is 10.2. The third-order valence-corrected chi connectivity index (χ3v) is 3.34. The highest BCUT2D eigenvalue weighted by molar-refractivity contribution is 5.83. The summed E-state index contributed by atoms with van der Waals surface area (Å²) in [4.78, 5) is 24.7. The first-order valence-corrected chi connectivity index (χ1v) is 6.61. The van der Waals surface area contributed by atoms with E-state index >= 15 is 0 Å². The van der Waals surface area contributed by atoms with Crippen LogP contribution in [0.1, 0.15) is 32.6 Å². The number of carboxylic acid groups (broad SMARTS) is 1. The lowest BCUT2D eigenvalue weighted by Crippen LogP contribution is -2.44. The summed E-state index contributed by atoms with van der Waals surface area (Å²) in [6.45, 7) is 2.25. The number of nitrogens with zero attached hydrogens (tertiary/aromatic N) is 3. The van der Waals surface area contributed by atoms with Crippen molar-refractivity contribution in [2.24, 2.45) is 0 Å². The number of carbonyl (C=O) groups excluding carboxylic acids is 1. The molecule has 0 saturated heterocycles. The van der Waals surface area contributed by atoms with Gasteiger partial charge in [0.25, 0.3) is 0 Å². The van der Waals surface area contributed by atoms with Gasteiger partial charge in [0.1, 0.15) is 6.04 Å². The molecule has 1 N–H and O–H groups in total. The first-order valence-electron chi connectivity index (χ1n) is 6.61. The van der Waals surface area contributed by atoms with Crippen molar-refractivity contribution < 1.29 is 14.7 Å². The van der Waals surface area contributed by atoms with E-state index in [1.807, 2.05) is 12.3 Å². The Morgan fingerprint density at radius 2 is 2.26 bits per heavy atom. The largest absolute Gasteiger partial charge is 0.480 e. The zero-order valence-electron chi connectivity index (χ0n) is 11.0. The summed E-state index contributed by atoms with van der Waals surface area (Å²) in [5.41, 5.74) is 0. The Labute approximate surface area is 112 Å². The molecule has 0 aromatic carbocycles. The van der Waals surface area contributed by atoms with Crippen LogP contribution < -0.4 is 0 Å². The van der Waals surface area contributed by atoms with Gasteiger partial charge in [0.2, 0.25) is 5.91 Å². The van der Waals surface area contributed by atoms with Crippen molar-refractivity contribution in [2.45, 2.75) is 51.2 Å². The monoisotopic (exact) mass is 265 g/mol. The molecule has 1 aromatic rings. The van der Waals surface area contributed by atoms with Crippen LogP contribution in [0, 0.1) is 0 Å². The minimum Gasteiger partial charge on any atom is -0.480 e. The van der Waals surface area contributed by atoms with E-state index in [9.17, 15) is 9.59 Å². The van der Waals surface area contributed by atoms with Gasteiger partial charge in [0, 0.05) is 31.4 Å². The molecule has 104 valence electrons. The van der Waals surface area contributed by atoms with Crippen LogP contribution in [-0.2, 0) is 16.1 Å². The number of hydrogen-bond donors (Lipinski definition) is 1. The number of carboxylic acids is 1. The molecule has 19 heavy (non-hydrogen) atoms. The van der Waals surface area contributed by atoms with Gasteiger partial charge in [-0.25, -0.2) is 4.79 Å². The van der Waals surface area contributed by atoms with Crippen LogP contribution in [0.15, 0.2) is 18.5 Å². The third-order valence-electron chi connectivity index (χ3n) is 3.34. The molecule has 1 saturated carbocycles. The minimum atomic E-state index is -0.938. The molecule has 1 amide bonds. The number of hydrogen-bond acceptors (Lipinski definition) is 3. The average Bonchev–Trinajstić information content (AvgIpc) is 3.05.